The number of nitrogens with zero attached hydrogens (tertiary/aromatic N) is 5. The number of thiophene rings is 1. The molecule has 0 saturated carbocycles. The normalized spacial score (nSPS) is 11.1. The molecule has 3 heterocycles. The topological polar surface area (TPSA) is 78.9 Å². The summed E-state index contributed by atoms with van der Waals surface area (Å²) >= 11 is 9.14. The van der Waals surface area contributed by atoms with Gasteiger partial charge in [0.25, 0.3) is 5.89 Å². The molecule has 0 bridgehead atoms. The second kappa shape index (κ2) is 9.15. The lowest BCUT2D eigenvalue weighted by atomic mass is 10.2. The largest absolute Gasteiger partial charge is 0.496 e. The quantitative estimate of drug-likeness (QED) is 0.264. The molecule has 0 spiro atoms. The van der Waals surface area contributed by atoms with Gasteiger partial charge in [0.2, 0.25) is 0 Å². The lowest BCUT2D eigenvalue weighted by Crippen LogP contribution is -2.01. The SMILES string of the molecule is COc1ccccc1-c1nnc(SCc2noc(-c3cccs3)n2)n1-c1ccc(Cl)cc1. The minimum Gasteiger partial charge on any atom is -0.496 e. The summed E-state index contributed by atoms with van der Waals surface area (Å²) < 4.78 is 12.9. The number of aromatic nitrogens is 5. The van der Waals surface area contributed by atoms with Gasteiger partial charge in [-0.05, 0) is 47.8 Å². The molecule has 10 heteroatoms. The van der Waals surface area contributed by atoms with Crippen molar-refractivity contribution in [1.29, 1.82) is 0 Å². The highest BCUT2D eigenvalue weighted by atomic mass is 35.5. The Bertz CT molecular complexity index is 1330. The highest BCUT2D eigenvalue weighted by molar-refractivity contribution is 7.98. The Morgan fingerprint density at radius 2 is 1.91 bits per heavy atom. The van der Waals surface area contributed by atoms with Crippen LogP contribution in [0.2, 0.25) is 5.02 Å². The Kier molecular flexibility index (Phi) is 5.93. The van der Waals surface area contributed by atoms with E-state index < -0.39 is 0 Å². The Hall–Kier alpha value is -3.14. The van der Waals surface area contributed by atoms with Crippen LogP contribution >= 0.6 is 34.7 Å². The van der Waals surface area contributed by atoms with E-state index in [4.69, 9.17) is 20.9 Å². The highest BCUT2D eigenvalue weighted by Gasteiger charge is 2.20. The van der Waals surface area contributed by atoms with Crippen molar-refractivity contribution in [1.82, 2.24) is 24.9 Å². The molecule has 160 valence electrons. The van der Waals surface area contributed by atoms with Gasteiger partial charge in [-0.3, -0.25) is 4.57 Å². The van der Waals surface area contributed by atoms with Crippen molar-refractivity contribution in [2.45, 2.75) is 10.9 Å². The number of para-hydroxylation sites is 1. The van der Waals surface area contributed by atoms with E-state index in [1.807, 2.05) is 70.6 Å². The van der Waals surface area contributed by atoms with Crippen molar-refractivity contribution in [2.75, 3.05) is 7.11 Å². The van der Waals surface area contributed by atoms with Crippen LogP contribution in [0.15, 0.2) is 75.7 Å². The number of rotatable bonds is 7. The van der Waals surface area contributed by atoms with Gasteiger partial charge in [-0.25, -0.2) is 0 Å². The monoisotopic (exact) mass is 481 g/mol. The third-order valence-electron chi connectivity index (χ3n) is 4.60. The molecule has 0 fully saturated rings. The minimum absolute atomic E-state index is 0.479. The molecule has 3 aromatic heterocycles. The first-order valence-electron chi connectivity index (χ1n) is 9.57. The van der Waals surface area contributed by atoms with Crippen LogP contribution in [0.1, 0.15) is 5.82 Å². The van der Waals surface area contributed by atoms with Crippen LogP contribution in [0.4, 0.5) is 0 Å². The van der Waals surface area contributed by atoms with Crippen LogP contribution in [0.3, 0.4) is 0 Å². The standard InChI is InChI=1S/C22H16ClN5O2S2/c1-29-17-6-3-2-5-16(17)20-25-26-22(28(20)15-10-8-14(23)9-11-15)32-13-19-24-21(30-27-19)18-7-4-12-31-18/h2-12H,13H2,1H3. The molecule has 7 nitrogen and oxygen atoms in total. The average molecular weight is 482 g/mol. The molecular weight excluding hydrogens is 466 g/mol. The maximum atomic E-state index is 6.11. The predicted octanol–water partition coefficient (Wildman–Crippen LogP) is 6.00. The number of hydrogen-bond acceptors (Lipinski definition) is 8. The number of thioether (sulfide) groups is 1. The average Bonchev–Trinajstić information content (AvgIpc) is 3.59. The molecular formula is C22H16ClN5O2S2. The highest BCUT2D eigenvalue weighted by Crippen LogP contribution is 2.34. The van der Waals surface area contributed by atoms with Gasteiger partial charge in [0.15, 0.2) is 16.8 Å². The lowest BCUT2D eigenvalue weighted by molar-refractivity contribution is 0.416. The number of hydrogen-bond donors (Lipinski definition) is 0. The zero-order valence-corrected chi connectivity index (χ0v) is 19.2. The first kappa shape index (κ1) is 20.7. The van der Waals surface area contributed by atoms with E-state index in [1.165, 1.54) is 11.8 Å². The first-order chi connectivity index (χ1) is 15.7. The molecule has 0 N–H and O–H groups in total. The summed E-state index contributed by atoms with van der Waals surface area (Å²) in [5.74, 6) is 2.96. The predicted molar refractivity (Wildman–Crippen MR) is 126 cm³/mol. The number of methoxy groups -OCH3 is 1. The molecule has 2 aromatic carbocycles. The zero-order valence-electron chi connectivity index (χ0n) is 16.8. The van der Waals surface area contributed by atoms with E-state index in [2.05, 4.69) is 20.3 Å². The second-order valence-corrected chi connectivity index (χ2v) is 8.93. The number of halogens is 1. The Morgan fingerprint density at radius 1 is 1.06 bits per heavy atom. The zero-order chi connectivity index (χ0) is 21.9. The van der Waals surface area contributed by atoms with Gasteiger partial charge in [-0.1, -0.05) is 46.7 Å². The smallest absolute Gasteiger partial charge is 0.268 e. The van der Waals surface area contributed by atoms with Crippen molar-refractivity contribution in [3.63, 3.8) is 0 Å². The van der Waals surface area contributed by atoms with E-state index >= 15 is 0 Å². The summed E-state index contributed by atoms with van der Waals surface area (Å²) in [6.45, 7) is 0. The van der Waals surface area contributed by atoms with Crippen LogP contribution in [-0.2, 0) is 5.75 Å². The lowest BCUT2D eigenvalue weighted by Gasteiger charge is -2.12. The molecule has 0 atom stereocenters. The maximum absolute atomic E-state index is 6.11. The molecule has 0 aliphatic carbocycles. The molecule has 32 heavy (non-hydrogen) atoms. The van der Waals surface area contributed by atoms with Crippen molar-refractivity contribution in [3.8, 4) is 33.6 Å². The van der Waals surface area contributed by atoms with E-state index in [0.717, 1.165) is 16.1 Å². The summed E-state index contributed by atoms with van der Waals surface area (Å²) in [6, 6.07) is 19.1. The number of ether oxygens (including phenoxy) is 1. The van der Waals surface area contributed by atoms with Crippen molar-refractivity contribution in [2.24, 2.45) is 0 Å². The fraction of sp³-hybridized carbons (Fsp3) is 0.0909. The summed E-state index contributed by atoms with van der Waals surface area (Å²) in [4.78, 5) is 5.43. The van der Waals surface area contributed by atoms with Crippen LogP contribution in [-0.4, -0.2) is 32.0 Å². The van der Waals surface area contributed by atoms with Gasteiger partial charge in [-0.15, -0.1) is 21.5 Å². The Labute approximate surface area is 197 Å². The first-order valence-corrected chi connectivity index (χ1v) is 11.8. The molecule has 0 aliphatic rings. The summed E-state index contributed by atoms with van der Waals surface area (Å²) in [5.41, 5.74) is 1.72. The van der Waals surface area contributed by atoms with Gasteiger partial charge >= 0.3 is 0 Å². The van der Waals surface area contributed by atoms with Crippen LogP contribution in [0.25, 0.3) is 27.8 Å². The Balaban J connectivity index is 1.49. The molecule has 0 aliphatic heterocycles. The third kappa shape index (κ3) is 4.14. The molecule has 0 radical (unpaired) electrons. The second-order valence-electron chi connectivity index (χ2n) is 6.60. The van der Waals surface area contributed by atoms with E-state index in [-0.39, 0.29) is 0 Å². The van der Waals surface area contributed by atoms with Crippen molar-refractivity contribution < 1.29 is 9.26 Å². The minimum atomic E-state index is 0.479. The van der Waals surface area contributed by atoms with Crippen LogP contribution in [0.5, 0.6) is 5.75 Å². The van der Waals surface area contributed by atoms with Gasteiger partial charge in [0.05, 0.1) is 23.3 Å². The van der Waals surface area contributed by atoms with E-state index in [9.17, 15) is 0 Å². The molecule has 0 amide bonds. The van der Waals surface area contributed by atoms with Crippen LogP contribution in [0, 0.1) is 0 Å². The molecule has 0 unspecified atom stereocenters. The summed E-state index contributed by atoms with van der Waals surface area (Å²) in [5, 5.41) is 16.3. The van der Waals surface area contributed by atoms with Gasteiger partial charge < -0.3 is 9.26 Å². The van der Waals surface area contributed by atoms with E-state index in [1.54, 1.807) is 18.4 Å². The van der Waals surface area contributed by atoms with E-state index in [0.29, 0.717) is 39.2 Å². The third-order valence-corrected chi connectivity index (χ3v) is 6.63. The molecule has 0 saturated heterocycles. The van der Waals surface area contributed by atoms with Crippen molar-refractivity contribution in [3.05, 3.63) is 76.9 Å². The van der Waals surface area contributed by atoms with Gasteiger partial charge in [0, 0.05) is 10.7 Å². The molecule has 5 aromatic rings. The molecule has 5 rings (SSSR count). The fourth-order valence-electron chi connectivity index (χ4n) is 3.13. The Morgan fingerprint density at radius 3 is 2.69 bits per heavy atom. The fourth-order valence-corrected chi connectivity index (χ4v) is 4.70. The van der Waals surface area contributed by atoms with Gasteiger partial charge in [-0.2, -0.15) is 4.98 Å². The van der Waals surface area contributed by atoms with Crippen molar-refractivity contribution >= 4 is 34.7 Å². The summed E-state index contributed by atoms with van der Waals surface area (Å²) in [6.07, 6.45) is 0. The van der Waals surface area contributed by atoms with Crippen LogP contribution < -0.4 is 4.74 Å². The maximum Gasteiger partial charge on any atom is 0.268 e. The summed E-state index contributed by atoms with van der Waals surface area (Å²) in [7, 11) is 1.64. The number of benzene rings is 2. The van der Waals surface area contributed by atoms with Gasteiger partial charge in [0.1, 0.15) is 5.75 Å².